The van der Waals surface area contributed by atoms with Crippen LogP contribution in [0.25, 0.3) is 10.9 Å². The third-order valence-electron chi connectivity index (χ3n) is 6.56. The van der Waals surface area contributed by atoms with Crippen LogP contribution in [0.2, 0.25) is 5.02 Å². The quantitative estimate of drug-likeness (QED) is 0.623. The van der Waals surface area contributed by atoms with E-state index in [4.69, 9.17) is 11.6 Å². The number of rotatable bonds is 6. The molecule has 1 aromatic heterocycles. The normalized spacial score (nSPS) is 16.2. The van der Waals surface area contributed by atoms with Gasteiger partial charge in [-0.05, 0) is 42.2 Å². The first-order chi connectivity index (χ1) is 14.6. The van der Waals surface area contributed by atoms with Gasteiger partial charge in [0.15, 0.2) is 0 Å². The molecule has 0 saturated carbocycles. The van der Waals surface area contributed by atoms with E-state index in [-0.39, 0.29) is 11.8 Å². The predicted molar refractivity (Wildman–Crippen MR) is 123 cm³/mol. The molecule has 30 heavy (non-hydrogen) atoms. The minimum Gasteiger partial charge on any atom is -0.361 e. The van der Waals surface area contributed by atoms with E-state index in [0.29, 0.717) is 6.42 Å². The molecule has 2 heterocycles. The second kappa shape index (κ2) is 9.23. The summed E-state index contributed by atoms with van der Waals surface area (Å²) in [6.07, 6.45) is 3.55. The van der Waals surface area contributed by atoms with Crippen LogP contribution in [-0.4, -0.2) is 48.5 Å². The van der Waals surface area contributed by atoms with Crippen molar-refractivity contribution in [2.75, 3.05) is 32.7 Å². The van der Waals surface area contributed by atoms with Gasteiger partial charge in [0.1, 0.15) is 0 Å². The number of benzene rings is 2. The van der Waals surface area contributed by atoms with Crippen LogP contribution in [0.1, 0.15) is 42.9 Å². The Bertz CT molecular complexity index is 1000. The summed E-state index contributed by atoms with van der Waals surface area (Å²) in [5, 5.41) is 1.93. The zero-order valence-corrected chi connectivity index (χ0v) is 18.6. The number of likely N-dealkylation sites (N-methyl/N-ethyl adjacent to an activating group) is 1. The van der Waals surface area contributed by atoms with E-state index in [1.54, 1.807) is 4.90 Å². The number of carbonyl (C=O) groups excluding carboxylic acids is 1. The van der Waals surface area contributed by atoms with Gasteiger partial charge in [-0.15, -0.1) is 0 Å². The summed E-state index contributed by atoms with van der Waals surface area (Å²) >= 11 is 6.15. The highest BCUT2D eigenvalue weighted by Crippen LogP contribution is 2.35. The molecule has 4 nitrogen and oxygen atoms in total. The number of H-pyrrole nitrogens is 1. The SMILES string of the molecule is CCc1cccc2c([C@H](CC(=O)N3CC[NH+](CC)CC3)c3ccc(Cl)cc3)c[nH]c12. The summed E-state index contributed by atoms with van der Waals surface area (Å²) < 4.78 is 0. The molecule has 1 atom stereocenters. The smallest absolute Gasteiger partial charge is 0.223 e. The van der Waals surface area contributed by atoms with Gasteiger partial charge in [-0.2, -0.15) is 0 Å². The minimum atomic E-state index is 0.00664. The number of aryl methyl sites for hydroxylation is 1. The third kappa shape index (κ3) is 4.26. The number of hydrogen-bond donors (Lipinski definition) is 2. The Labute approximate surface area is 183 Å². The van der Waals surface area contributed by atoms with E-state index < -0.39 is 0 Å². The van der Waals surface area contributed by atoms with Crippen LogP contribution in [0, 0.1) is 0 Å². The van der Waals surface area contributed by atoms with Crippen molar-refractivity contribution >= 4 is 28.4 Å². The average Bonchev–Trinajstić information content (AvgIpc) is 3.22. The lowest BCUT2D eigenvalue weighted by atomic mass is 9.87. The molecule has 1 amide bonds. The molecule has 5 heteroatoms. The minimum absolute atomic E-state index is 0.00664. The van der Waals surface area contributed by atoms with Gasteiger partial charge in [0, 0.05) is 34.5 Å². The molecule has 0 radical (unpaired) electrons. The van der Waals surface area contributed by atoms with Gasteiger partial charge in [0.2, 0.25) is 5.91 Å². The van der Waals surface area contributed by atoms with Crippen molar-refractivity contribution < 1.29 is 9.69 Å². The van der Waals surface area contributed by atoms with E-state index in [1.165, 1.54) is 22.0 Å². The Hall–Kier alpha value is -2.30. The van der Waals surface area contributed by atoms with Crippen LogP contribution in [0.15, 0.2) is 48.7 Å². The number of amides is 1. The van der Waals surface area contributed by atoms with Crippen molar-refractivity contribution in [1.82, 2.24) is 9.88 Å². The van der Waals surface area contributed by atoms with Crippen molar-refractivity contribution in [1.29, 1.82) is 0 Å². The van der Waals surface area contributed by atoms with E-state index in [1.807, 2.05) is 17.0 Å². The van der Waals surface area contributed by atoms with Crippen molar-refractivity contribution in [2.45, 2.75) is 32.6 Å². The lowest BCUT2D eigenvalue weighted by Crippen LogP contribution is -3.14. The molecule has 0 aliphatic carbocycles. The number of halogens is 1. The van der Waals surface area contributed by atoms with Gasteiger partial charge in [0.25, 0.3) is 0 Å². The zero-order chi connectivity index (χ0) is 21.1. The van der Waals surface area contributed by atoms with E-state index in [2.05, 4.69) is 55.4 Å². The average molecular weight is 425 g/mol. The molecular weight excluding hydrogens is 394 g/mol. The third-order valence-corrected chi connectivity index (χ3v) is 6.82. The van der Waals surface area contributed by atoms with Crippen molar-refractivity contribution in [3.63, 3.8) is 0 Å². The Morgan fingerprint density at radius 1 is 1.13 bits per heavy atom. The fourth-order valence-electron chi connectivity index (χ4n) is 4.65. The van der Waals surface area contributed by atoms with Crippen molar-refractivity contribution in [3.8, 4) is 0 Å². The van der Waals surface area contributed by atoms with Crippen LogP contribution in [-0.2, 0) is 11.2 Å². The van der Waals surface area contributed by atoms with Crippen LogP contribution in [0.3, 0.4) is 0 Å². The molecule has 2 aromatic carbocycles. The second-order valence-corrected chi connectivity index (χ2v) is 8.67. The molecule has 1 saturated heterocycles. The van der Waals surface area contributed by atoms with E-state index in [9.17, 15) is 4.79 Å². The Morgan fingerprint density at radius 2 is 1.87 bits per heavy atom. The predicted octanol–water partition coefficient (Wildman–Crippen LogP) is 3.65. The molecule has 0 unspecified atom stereocenters. The number of aromatic amines is 1. The first-order valence-electron chi connectivity index (χ1n) is 11.1. The van der Waals surface area contributed by atoms with Crippen LogP contribution in [0.4, 0.5) is 0 Å². The topological polar surface area (TPSA) is 40.5 Å². The van der Waals surface area contributed by atoms with Gasteiger partial charge in [0.05, 0.1) is 32.7 Å². The highest BCUT2D eigenvalue weighted by atomic mass is 35.5. The molecule has 1 aliphatic heterocycles. The number of hydrogen-bond acceptors (Lipinski definition) is 1. The number of aromatic nitrogens is 1. The fraction of sp³-hybridized carbons (Fsp3) is 0.400. The van der Waals surface area contributed by atoms with Gasteiger partial charge in [-0.1, -0.05) is 48.9 Å². The maximum atomic E-state index is 13.3. The first kappa shape index (κ1) is 21.0. The van der Waals surface area contributed by atoms with Gasteiger partial charge in [-0.25, -0.2) is 0 Å². The highest BCUT2D eigenvalue weighted by Gasteiger charge is 2.27. The Morgan fingerprint density at radius 3 is 2.53 bits per heavy atom. The zero-order valence-electron chi connectivity index (χ0n) is 17.9. The first-order valence-corrected chi connectivity index (χ1v) is 11.4. The molecular formula is C25H31ClN3O+. The summed E-state index contributed by atoms with van der Waals surface area (Å²) in [7, 11) is 0. The lowest BCUT2D eigenvalue weighted by Gasteiger charge is -2.32. The largest absolute Gasteiger partial charge is 0.361 e. The number of nitrogens with one attached hydrogen (secondary N) is 2. The summed E-state index contributed by atoms with van der Waals surface area (Å²) in [6, 6.07) is 14.4. The van der Waals surface area contributed by atoms with Crippen LogP contribution >= 0.6 is 11.6 Å². The number of para-hydroxylation sites is 1. The Balaban J connectivity index is 1.66. The molecule has 3 aromatic rings. The molecule has 4 rings (SSSR count). The monoisotopic (exact) mass is 424 g/mol. The Kier molecular flexibility index (Phi) is 6.45. The second-order valence-electron chi connectivity index (χ2n) is 8.23. The summed E-state index contributed by atoms with van der Waals surface area (Å²) in [5.41, 5.74) is 4.81. The molecule has 1 aliphatic rings. The molecule has 158 valence electrons. The van der Waals surface area contributed by atoms with Gasteiger partial charge in [-0.3, -0.25) is 4.79 Å². The maximum Gasteiger partial charge on any atom is 0.223 e. The number of nitrogens with zero attached hydrogens (tertiary/aromatic N) is 1. The molecule has 1 fully saturated rings. The number of carbonyl (C=O) groups is 1. The summed E-state index contributed by atoms with van der Waals surface area (Å²) in [4.78, 5) is 20.4. The van der Waals surface area contributed by atoms with Crippen LogP contribution < -0.4 is 4.90 Å². The molecule has 0 bridgehead atoms. The highest BCUT2D eigenvalue weighted by molar-refractivity contribution is 6.30. The lowest BCUT2D eigenvalue weighted by molar-refractivity contribution is -0.902. The number of quaternary nitrogens is 1. The summed E-state index contributed by atoms with van der Waals surface area (Å²) in [5.74, 6) is 0.248. The van der Waals surface area contributed by atoms with Crippen LogP contribution in [0.5, 0.6) is 0 Å². The van der Waals surface area contributed by atoms with E-state index >= 15 is 0 Å². The van der Waals surface area contributed by atoms with E-state index in [0.717, 1.165) is 49.7 Å². The molecule has 0 spiro atoms. The standard InChI is InChI=1S/C25H30ClN3O/c1-3-18-6-5-7-21-23(17-27-25(18)21)22(19-8-10-20(26)11-9-19)16-24(30)29-14-12-28(4-2)13-15-29/h5-11,17,22,27H,3-4,12-16H2,1-2H3/p+1/t22-/m1/s1. The van der Waals surface area contributed by atoms with Crippen molar-refractivity contribution in [3.05, 3.63) is 70.4 Å². The van der Waals surface area contributed by atoms with Gasteiger partial charge >= 0.3 is 0 Å². The van der Waals surface area contributed by atoms with Gasteiger partial charge < -0.3 is 14.8 Å². The fourth-order valence-corrected chi connectivity index (χ4v) is 4.78. The number of fused-ring (bicyclic) bond motifs is 1. The van der Waals surface area contributed by atoms with Crippen molar-refractivity contribution in [2.24, 2.45) is 0 Å². The maximum absolute atomic E-state index is 13.3. The molecule has 2 N–H and O–H groups in total. The number of piperazine rings is 1. The summed E-state index contributed by atoms with van der Waals surface area (Å²) in [6.45, 7) is 9.30.